The minimum Gasteiger partial charge on any atom is -0.377 e. The topological polar surface area (TPSA) is 9.23 Å². The molecule has 0 radical (unpaired) electrons. The molecule has 0 bridgehead atoms. The van der Waals surface area contributed by atoms with E-state index in [9.17, 15) is 30.7 Å². The van der Waals surface area contributed by atoms with Crippen molar-refractivity contribution in [2.45, 2.75) is 31.4 Å². The van der Waals surface area contributed by atoms with Crippen molar-refractivity contribution < 1.29 is 35.5 Å². The van der Waals surface area contributed by atoms with Crippen LogP contribution in [0.5, 0.6) is 0 Å². The number of ether oxygens (including phenoxy) is 1. The van der Waals surface area contributed by atoms with Gasteiger partial charge in [-0.3, -0.25) is 0 Å². The van der Waals surface area contributed by atoms with E-state index in [-0.39, 0.29) is 6.61 Å². The van der Waals surface area contributed by atoms with Crippen LogP contribution >= 0.6 is 0 Å². The van der Waals surface area contributed by atoms with E-state index in [1.807, 2.05) is 0 Å². The Bertz CT molecular complexity index is 257. The fourth-order valence-corrected chi connectivity index (χ4v) is 0.785. The zero-order valence-electron chi connectivity index (χ0n) is 8.83. The van der Waals surface area contributed by atoms with Gasteiger partial charge in [0.15, 0.2) is 0 Å². The van der Waals surface area contributed by atoms with Crippen molar-refractivity contribution in [2.24, 2.45) is 0 Å². The van der Waals surface area contributed by atoms with Gasteiger partial charge in [0.25, 0.3) is 0 Å². The molecule has 0 aromatic carbocycles. The minimum absolute atomic E-state index is 0.200. The standard InChI is InChI=1S/C9H11F7O/c1-2-5-17-6-3-4-7(10,11)8(12,13)9(14,15)16/h3-4H,2,5-6H2,1H3. The van der Waals surface area contributed by atoms with Crippen molar-refractivity contribution in [2.75, 3.05) is 13.2 Å². The van der Waals surface area contributed by atoms with Gasteiger partial charge in [0.1, 0.15) is 0 Å². The normalized spacial score (nSPS) is 14.6. The zero-order valence-corrected chi connectivity index (χ0v) is 8.83. The van der Waals surface area contributed by atoms with Gasteiger partial charge in [-0.1, -0.05) is 13.0 Å². The molecule has 0 N–H and O–H groups in total. The van der Waals surface area contributed by atoms with Crippen molar-refractivity contribution in [3.63, 3.8) is 0 Å². The summed E-state index contributed by atoms with van der Waals surface area (Å²) < 4.78 is 89.4. The number of hydrogen-bond donors (Lipinski definition) is 0. The van der Waals surface area contributed by atoms with Crippen LogP contribution in [-0.2, 0) is 4.74 Å². The van der Waals surface area contributed by atoms with Crippen LogP contribution in [0, 0.1) is 0 Å². The zero-order chi connectivity index (χ0) is 13.7. The van der Waals surface area contributed by atoms with Crippen molar-refractivity contribution in [3.05, 3.63) is 12.2 Å². The van der Waals surface area contributed by atoms with Crippen LogP contribution in [0.4, 0.5) is 30.7 Å². The molecule has 0 unspecified atom stereocenters. The third-order valence-electron chi connectivity index (χ3n) is 1.66. The molecule has 0 saturated carbocycles. The number of rotatable bonds is 6. The molecule has 0 aromatic heterocycles. The summed E-state index contributed by atoms with van der Waals surface area (Å²) in [5.74, 6) is -11.4. The fraction of sp³-hybridized carbons (Fsp3) is 0.778. The lowest BCUT2D eigenvalue weighted by Gasteiger charge is -2.25. The predicted octanol–water partition coefficient (Wildman–Crippen LogP) is 3.80. The maximum absolute atomic E-state index is 12.6. The molecule has 0 spiro atoms. The van der Waals surface area contributed by atoms with E-state index in [4.69, 9.17) is 0 Å². The summed E-state index contributed by atoms with van der Waals surface area (Å²) in [4.78, 5) is 0. The summed E-state index contributed by atoms with van der Waals surface area (Å²) in [6, 6.07) is 0. The van der Waals surface area contributed by atoms with Crippen LogP contribution in [0.25, 0.3) is 0 Å². The van der Waals surface area contributed by atoms with Gasteiger partial charge in [-0.2, -0.15) is 30.7 Å². The smallest absolute Gasteiger partial charge is 0.377 e. The second-order valence-electron chi connectivity index (χ2n) is 3.17. The number of halogens is 7. The quantitative estimate of drug-likeness (QED) is 0.404. The first kappa shape index (κ1) is 16.2. The van der Waals surface area contributed by atoms with E-state index in [0.29, 0.717) is 12.5 Å². The van der Waals surface area contributed by atoms with Gasteiger partial charge >= 0.3 is 18.0 Å². The lowest BCUT2D eigenvalue weighted by Crippen LogP contribution is -2.50. The molecule has 8 heteroatoms. The minimum atomic E-state index is -6.30. The van der Waals surface area contributed by atoms with Gasteiger partial charge in [-0.25, -0.2) is 0 Å². The Hall–Kier alpha value is -0.790. The predicted molar refractivity (Wildman–Crippen MR) is 46.2 cm³/mol. The first-order valence-corrected chi connectivity index (χ1v) is 4.64. The van der Waals surface area contributed by atoms with Crippen molar-refractivity contribution in [3.8, 4) is 0 Å². The van der Waals surface area contributed by atoms with Crippen LogP contribution in [0.15, 0.2) is 12.2 Å². The highest BCUT2D eigenvalue weighted by Crippen LogP contribution is 2.46. The molecule has 0 atom stereocenters. The van der Waals surface area contributed by atoms with Gasteiger partial charge < -0.3 is 4.74 Å². The number of allylic oxidation sites excluding steroid dienone is 1. The first-order valence-electron chi connectivity index (χ1n) is 4.64. The Morgan fingerprint density at radius 1 is 1.00 bits per heavy atom. The van der Waals surface area contributed by atoms with E-state index in [1.165, 1.54) is 0 Å². The Labute approximate surface area is 93.2 Å². The summed E-state index contributed by atoms with van der Waals surface area (Å²) in [7, 11) is 0. The van der Waals surface area contributed by atoms with E-state index in [1.54, 1.807) is 6.92 Å². The van der Waals surface area contributed by atoms with Crippen LogP contribution in [0.3, 0.4) is 0 Å². The molecule has 0 saturated heterocycles. The molecule has 17 heavy (non-hydrogen) atoms. The first-order chi connectivity index (χ1) is 7.56. The third-order valence-corrected chi connectivity index (χ3v) is 1.66. The Kier molecular flexibility index (Phi) is 5.44. The van der Waals surface area contributed by atoms with Crippen molar-refractivity contribution >= 4 is 0 Å². The average molecular weight is 268 g/mol. The summed E-state index contributed by atoms with van der Waals surface area (Å²) in [5.41, 5.74) is 0. The highest BCUT2D eigenvalue weighted by Gasteiger charge is 2.71. The summed E-state index contributed by atoms with van der Waals surface area (Å²) in [6.45, 7) is 1.47. The van der Waals surface area contributed by atoms with Gasteiger partial charge in [-0.15, -0.1) is 0 Å². The molecule has 0 heterocycles. The molecule has 0 fully saturated rings. The Balaban J connectivity index is 4.56. The van der Waals surface area contributed by atoms with E-state index >= 15 is 0 Å². The largest absolute Gasteiger partial charge is 0.460 e. The molecule has 0 aromatic rings. The van der Waals surface area contributed by atoms with Gasteiger partial charge in [-0.05, 0) is 12.5 Å². The van der Waals surface area contributed by atoms with E-state index in [2.05, 4.69) is 4.74 Å². The second kappa shape index (κ2) is 5.70. The van der Waals surface area contributed by atoms with Crippen LogP contribution in [0.2, 0.25) is 0 Å². The van der Waals surface area contributed by atoms with E-state index < -0.39 is 30.7 Å². The maximum Gasteiger partial charge on any atom is 0.460 e. The summed E-state index contributed by atoms with van der Waals surface area (Å²) >= 11 is 0. The van der Waals surface area contributed by atoms with Crippen molar-refractivity contribution in [1.29, 1.82) is 0 Å². The lowest BCUT2D eigenvalue weighted by atomic mass is 10.1. The molecule has 0 rings (SSSR count). The monoisotopic (exact) mass is 268 g/mol. The highest BCUT2D eigenvalue weighted by atomic mass is 19.4. The van der Waals surface area contributed by atoms with Crippen LogP contribution < -0.4 is 0 Å². The van der Waals surface area contributed by atoms with Gasteiger partial charge in [0, 0.05) is 6.61 Å². The van der Waals surface area contributed by atoms with Crippen molar-refractivity contribution in [1.82, 2.24) is 0 Å². The fourth-order valence-electron chi connectivity index (χ4n) is 0.785. The molecule has 0 aliphatic carbocycles. The maximum atomic E-state index is 12.6. The highest BCUT2D eigenvalue weighted by molar-refractivity contribution is 5.05. The van der Waals surface area contributed by atoms with Crippen LogP contribution in [0.1, 0.15) is 13.3 Å². The molecule has 1 nitrogen and oxygen atoms in total. The van der Waals surface area contributed by atoms with Crippen LogP contribution in [-0.4, -0.2) is 31.2 Å². The summed E-state index contributed by atoms with van der Waals surface area (Å²) in [5, 5.41) is 0. The molecular formula is C9H11F7O. The number of alkyl halides is 7. The molecular weight excluding hydrogens is 257 g/mol. The second-order valence-corrected chi connectivity index (χ2v) is 3.17. The Morgan fingerprint density at radius 2 is 1.53 bits per heavy atom. The Morgan fingerprint density at radius 3 is 1.94 bits per heavy atom. The third kappa shape index (κ3) is 4.18. The molecule has 0 aliphatic heterocycles. The molecule has 102 valence electrons. The van der Waals surface area contributed by atoms with Gasteiger partial charge in [0.2, 0.25) is 0 Å². The summed E-state index contributed by atoms with van der Waals surface area (Å²) in [6.07, 6.45) is -5.78. The lowest BCUT2D eigenvalue weighted by molar-refractivity contribution is -0.341. The van der Waals surface area contributed by atoms with Gasteiger partial charge in [0.05, 0.1) is 6.61 Å². The SMILES string of the molecule is CCCOCC=CC(F)(F)C(F)(F)C(F)(F)F. The molecule has 0 amide bonds. The van der Waals surface area contributed by atoms with E-state index in [0.717, 1.165) is 0 Å². The molecule has 0 aliphatic rings. The number of hydrogen-bond acceptors (Lipinski definition) is 1. The average Bonchev–Trinajstić information content (AvgIpc) is 2.15.